The van der Waals surface area contributed by atoms with Gasteiger partial charge in [0.2, 0.25) is 0 Å². The predicted octanol–water partition coefficient (Wildman–Crippen LogP) is 2.65. The second-order valence-corrected chi connectivity index (χ2v) is 7.74. The van der Waals surface area contributed by atoms with Crippen molar-refractivity contribution in [2.75, 3.05) is 5.75 Å². The zero-order chi connectivity index (χ0) is 18.9. The first-order valence-electron chi connectivity index (χ1n) is 7.49. The third-order valence-corrected chi connectivity index (χ3v) is 6.52. The van der Waals surface area contributed by atoms with E-state index in [0.717, 1.165) is 12.8 Å². The van der Waals surface area contributed by atoms with Crippen LogP contribution in [0.25, 0.3) is 0 Å². The molecule has 0 radical (unpaired) electrons. The Bertz CT molecular complexity index is 593. The Kier molecular flexibility index (Phi) is 11.6. The van der Waals surface area contributed by atoms with Gasteiger partial charge in [-0.2, -0.15) is 0 Å². The van der Waals surface area contributed by atoms with E-state index in [4.69, 9.17) is 23.1 Å². The fourth-order valence-corrected chi connectivity index (χ4v) is 5.19. The second kappa shape index (κ2) is 11.9. The highest BCUT2D eigenvalue weighted by Gasteiger charge is 2.31. The fraction of sp³-hybridized carbons (Fsp3) is 0.571. The molecule has 10 heteroatoms. The molecule has 1 amide bonds. The molecule has 138 valence electrons. The molecule has 24 heavy (non-hydrogen) atoms. The number of aliphatic imine (C=N–C) groups is 1. The van der Waals surface area contributed by atoms with Crippen LogP contribution in [-0.4, -0.2) is 27.0 Å². The van der Waals surface area contributed by atoms with Crippen molar-refractivity contribution < 1.29 is 9.00 Å². The zero-order valence-electron chi connectivity index (χ0n) is 14.0. The summed E-state index contributed by atoms with van der Waals surface area (Å²) in [6.07, 6.45) is 1.67. The topological polar surface area (TPSA) is 125 Å². The molecule has 1 aliphatic heterocycles. The van der Waals surface area contributed by atoms with E-state index in [1.165, 1.54) is 17.4 Å². The van der Waals surface area contributed by atoms with Gasteiger partial charge in [0.15, 0.2) is 0 Å². The Balaban J connectivity index is 0.00000123. The molecule has 0 saturated heterocycles. The number of hydrogen-bond donors (Lipinski definition) is 4. The van der Waals surface area contributed by atoms with Gasteiger partial charge in [-0.3, -0.25) is 19.1 Å². The van der Waals surface area contributed by atoms with Gasteiger partial charge >= 0.3 is 0 Å². The molecule has 2 heterocycles. The maximum absolute atomic E-state index is 12.3. The van der Waals surface area contributed by atoms with Gasteiger partial charge < -0.3 is 11.5 Å². The van der Waals surface area contributed by atoms with Crippen LogP contribution >= 0.6 is 35.8 Å². The highest BCUT2D eigenvalue weighted by Crippen LogP contribution is 2.36. The maximum atomic E-state index is 12.3. The summed E-state index contributed by atoms with van der Waals surface area (Å²) in [4.78, 5) is 16.7. The SMILES string of the molecule is CC.CCCC1C(N)=N[C@H](c2sc(C(N)=O)cc2Cl)CS1=O.NS. The van der Waals surface area contributed by atoms with Crippen molar-refractivity contribution in [1.82, 2.24) is 0 Å². The molecule has 1 aliphatic rings. The number of primary amides is 1. The quantitative estimate of drug-likeness (QED) is 0.567. The highest BCUT2D eigenvalue weighted by molar-refractivity contribution is 7.86. The average molecular weight is 413 g/mol. The zero-order valence-corrected chi connectivity index (χ0v) is 17.3. The van der Waals surface area contributed by atoms with Crippen molar-refractivity contribution in [2.24, 2.45) is 21.6 Å². The van der Waals surface area contributed by atoms with Crippen LogP contribution in [0.2, 0.25) is 5.02 Å². The minimum atomic E-state index is -1.07. The van der Waals surface area contributed by atoms with Crippen molar-refractivity contribution in [3.05, 3.63) is 20.8 Å². The van der Waals surface area contributed by atoms with Gasteiger partial charge in [0.05, 0.1) is 26.9 Å². The summed E-state index contributed by atoms with van der Waals surface area (Å²) in [5.41, 5.74) is 11.2. The van der Waals surface area contributed by atoms with Gasteiger partial charge in [-0.15, -0.1) is 24.2 Å². The molecule has 3 atom stereocenters. The smallest absolute Gasteiger partial charge is 0.258 e. The molecule has 0 bridgehead atoms. The average Bonchev–Trinajstić information content (AvgIpc) is 2.97. The molecule has 1 aromatic rings. The third-order valence-electron chi connectivity index (χ3n) is 3.08. The van der Waals surface area contributed by atoms with Crippen molar-refractivity contribution in [3.8, 4) is 0 Å². The van der Waals surface area contributed by atoms with E-state index in [1.807, 2.05) is 20.8 Å². The van der Waals surface area contributed by atoms with Gasteiger partial charge in [-0.05, 0) is 12.5 Å². The van der Waals surface area contributed by atoms with Crippen LogP contribution in [0.1, 0.15) is 54.2 Å². The molecule has 0 saturated carbocycles. The molecule has 6 nitrogen and oxygen atoms in total. The van der Waals surface area contributed by atoms with Crippen molar-refractivity contribution in [3.63, 3.8) is 0 Å². The maximum Gasteiger partial charge on any atom is 0.258 e. The molecule has 1 aromatic heterocycles. The molecule has 6 N–H and O–H groups in total. The Labute approximate surface area is 160 Å². The number of thiol groups is 1. The van der Waals surface area contributed by atoms with Gasteiger partial charge in [-0.25, -0.2) is 0 Å². The Hall–Kier alpha value is -0.610. The first kappa shape index (κ1) is 23.4. The number of hydrogen-bond acceptors (Lipinski definition) is 7. The first-order chi connectivity index (χ1) is 11.4. The molecule has 0 spiro atoms. The van der Waals surface area contributed by atoms with Crippen LogP contribution in [0.5, 0.6) is 0 Å². The lowest BCUT2D eigenvalue weighted by Crippen LogP contribution is -2.39. The van der Waals surface area contributed by atoms with Crippen LogP contribution in [-0.2, 0) is 10.8 Å². The Morgan fingerprint density at radius 1 is 1.50 bits per heavy atom. The molecule has 0 aliphatic carbocycles. The van der Waals surface area contributed by atoms with Crippen molar-refractivity contribution >= 4 is 58.3 Å². The van der Waals surface area contributed by atoms with Crippen LogP contribution in [0.15, 0.2) is 11.1 Å². The first-order valence-corrected chi connectivity index (χ1v) is 10.6. The second-order valence-electron chi connectivity index (χ2n) is 4.58. The van der Waals surface area contributed by atoms with Gasteiger partial charge in [-0.1, -0.05) is 38.8 Å². The summed E-state index contributed by atoms with van der Waals surface area (Å²) >= 11 is 10.3. The van der Waals surface area contributed by atoms with Crippen LogP contribution in [0, 0.1) is 0 Å². The number of thiophene rings is 1. The van der Waals surface area contributed by atoms with E-state index in [9.17, 15) is 9.00 Å². The fourth-order valence-electron chi connectivity index (χ4n) is 2.11. The molecule has 0 aromatic carbocycles. The van der Waals surface area contributed by atoms with E-state index < -0.39 is 16.7 Å². The number of nitrogens with zero attached hydrogens (tertiary/aromatic N) is 1. The molecule has 2 rings (SSSR count). The van der Waals surface area contributed by atoms with Crippen LogP contribution < -0.4 is 16.6 Å². The lowest BCUT2D eigenvalue weighted by Gasteiger charge is -2.24. The van der Waals surface area contributed by atoms with Crippen LogP contribution in [0.4, 0.5) is 0 Å². The number of amidine groups is 1. The largest absolute Gasteiger partial charge is 0.386 e. The van der Waals surface area contributed by atoms with Gasteiger partial charge in [0, 0.05) is 15.7 Å². The summed E-state index contributed by atoms with van der Waals surface area (Å²) in [7, 11) is -1.07. The van der Waals surface area contributed by atoms with E-state index in [-0.39, 0.29) is 11.3 Å². The molecule has 0 fully saturated rings. The van der Waals surface area contributed by atoms with E-state index in [2.05, 4.69) is 22.9 Å². The normalized spacial score (nSPS) is 22.4. The monoisotopic (exact) mass is 412 g/mol. The lowest BCUT2D eigenvalue weighted by atomic mass is 10.2. The van der Waals surface area contributed by atoms with E-state index >= 15 is 0 Å². The van der Waals surface area contributed by atoms with Crippen molar-refractivity contribution in [1.29, 1.82) is 0 Å². The summed E-state index contributed by atoms with van der Waals surface area (Å²) in [5.74, 6) is 0.261. The summed E-state index contributed by atoms with van der Waals surface area (Å²) in [5, 5.41) is 4.45. The number of nitrogens with two attached hydrogens (primary N) is 3. The molecular weight excluding hydrogens is 388 g/mol. The van der Waals surface area contributed by atoms with Gasteiger partial charge in [0.1, 0.15) is 5.84 Å². The van der Waals surface area contributed by atoms with Gasteiger partial charge in [0.25, 0.3) is 5.91 Å². The minimum absolute atomic E-state index is 0.175. The minimum Gasteiger partial charge on any atom is -0.386 e. The Morgan fingerprint density at radius 2 is 2.08 bits per heavy atom. The number of rotatable bonds is 4. The van der Waals surface area contributed by atoms with E-state index in [0.29, 0.717) is 26.4 Å². The summed E-state index contributed by atoms with van der Waals surface area (Å²) in [6.45, 7) is 6.02. The molecular formula is C14H25ClN4O2S3. The van der Waals surface area contributed by atoms with Crippen molar-refractivity contribution in [2.45, 2.75) is 44.9 Å². The number of carbonyl (C=O) groups excluding carboxylic acids is 1. The predicted molar refractivity (Wildman–Crippen MR) is 108 cm³/mol. The summed E-state index contributed by atoms with van der Waals surface area (Å²) < 4.78 is 12.3. The standard InChI is InChI=1S/C12H16ClN3O2S2.C2H6.H3NS/c1-2-3-9-11(14)16-7(5-20(9)18)10-6(13)4-8(19-10)12(15)17;2*1-2/h4,7,9H,2-3,5H2,1H3,(H2,14,16)(H2,15,17);1-2H3;2H,1H2/t7-,9?,20?;;/m0../s1. The van der Waals surface area contributed by atoms with E-state index in [1.54, 1.807) is 0 Å². The summed E-state index contributed by atoms with van der Waals surface area (Å²) in [6, 6.07) is 1.17. The number of halogens is 1. The Morgan fingerprint density at radius 3 is 2.50 bits per heavy atom. The highest BCUT2D eigenvalue weighted by atomic mass is 35.5. The van der Waals surface area contributed by atoms with Crippen LogP contribution in [0.3, 0.4) is 0 Å². The molecule has 2 unspecified atom stereocenters. The number of carbonyl (C=O) groups is 1. The third kappa shape index (κ3) is 6.03. The lowest BCUT2D eigenvalue weighted by molar-refractivity contribution is 0.100. The number of amides is 1.